The summed E-state index contributed by atoms with van der Waals surface area (Å²) in [5.74, 6) is -0.956. The van der Waals surface area contributed by atoms with Gasteiger partial charge in [-0.05, 0) is 168 Å². The average Bonchev–Trinajstić information content (AvgIpc) is 3.91. The second kappa shape index (κ2) is 20.5. The van der Waals surface area contributed by atoms with Crippen LogP contribution < -0.4 is 15.1 Å². The maximum atomic E-state index is 13.0. The Morgan fingerprint density at radius 3 is 1.51 bits per heavy atom. The lowest BCUT2D eigenvalue weighted by atomic mass is 9.87. The largest absolute Gasteiger partial charge is 0.480 e. The number of esters is 1. The Labute approximate surface area is 367 Å². The molecule has 0 spiro atoms. The first-order chi connectivity index (χ1) is 28.6. The van der Waals surface area contributed by atoms with Gasteiger partial charge in [0.2, 0.25) is 0 Å². The van der Waals surface area contributed by atoms with Crippen LogP contribution in [0.3, 0.4) is 0 Å². The minimum Gasteiger partial charge on any atom is -0.480 e. The van der Waals surface area contributed by atoms with Crippen LogP contribution in [0.25, 0.3) is 0 Å². The summed E-state index contributed by atoms with van der Waals surface area (Å²) in [4.78, 5) is 48.4. The van der Waals surface area contributed by atoms with Crippen molar-refractivity contribution >= 4 is 29.4 Å². The van der Waals surface area contributed by atoms with E-state index in [0.29, 0.717) is 26.2 Å². The van der Waals surface area contributed by atoms with Crippen molar-refractivity contribution in [2.24, 2.45) is 0 Å². The molecule has 6 rings (SSSR count). The highest BCUT2D eigenvalue weighted by Gasteiger charge is 2.40. The molecule has 4 aliphatic heterocycles. The van der Waals surface area contributed by atoms with Crippen molar-refractivity contribution in [2.45, 2.75) is 156 Å². The summed E-state index contributed by atoms with van der Waals surface area (Å²) in [6.45, 7) is 29.2. The zero-order chi connectivity index (χ0) is 44.6. The molecule has 0 unspecified atom stereocenters. The van der Waals surface area contributed by atoms with Crippen LogP contribution in [-0.4, -0.2) is 126 Å². The second-order valence-corrected chi connectivity index (χ2v) is 20.6. The summed E-state index contributed by atoms with van der Waals surface area (Å²) in [5, 5.41) is 12.9. The highest BCUT2D eigenvalue weighted by atomic mass is 16.6. The number of hydrogen-bond acceptors (Lipinski definition) is 10. The molecule has 0 saturated carbocycles. The van der Waals surface area contributed by atoms with E-state index in [1.165, 1.54) is 59.3 Å². The van der Waals surface area contributed by atoms with E-state index in [9.17, 15) is 19.5 Å². The summed E-state index contributed by atoms with van der Waals surface area (Å²) in [6, 6.07) is 13.3. The predicted molar refractivity (Wildman–Crippen MR) is 246 cm³/mol. The van der Waals surface area contributed by atoms with E-state index in [2.05, 4.69) is 89.0 Å². The van der Waals surface area contributed by atoms with Crippen LogP contribution in [0.5, 0.6) is 0 Å². The van der Waals surface area contributed by atoms with Gasteiger partial charge in [0.05, 0.1) is 13.1 Å². The number of piperidine rings is 2. The fourth-order valence-corrected chi connectivity index (χ4v) is 9.19. The van der Waals surface area contributed by atoms with Crippen LogP contribution in [0.4, 0.5) is 16.2 Å². The molecule has 4 fully saturated rings. The quantitative estimate of drug-likeness (QED) is 0.202. The number of rotatable bonds is 12. The lowest BCUT2D eigenvalue weighted by Gasteiger charge is -2.47. The van der Waals surface area contributed by atoms with Gasteiger partial charge in [0.1, 0.15) is 11.2 Å². The summed E-state index contributed by atoms with van der Waals surface area (Å²) in [6.07, 6.45) is 8.17. The molecular weight excluding hydrogens is 769 g/mol. The third-order valence-corrected chi connectivity index (χ3v) is 12.9. The van der Waals surface area contributed by atoms with Crippen molar-refractivity contribution in [3.63, 3.8) is 0 Å². The number of anilines is 2. The minimum absolute atomic E-state index is 0.0587. The summed E-state index contributed by atoms with van der Waals surface area (Å²) in [5.41, 5.74) is 6.23. The van der Waals surface area contributed by atoms with Crippen LogP contribution in [0.1, 0.15) is 129 Å². The molecule has 0 aromatic heterocycles. The molecule has 61 heavy (non-hydrogen) atoms. The molecule has 12 heteroatoms. The third-order valence-electron chi connectivity index (χ3n) is 12.9. The molecule has 0 aliphatic carbocycles. The number of carbonyl (C=O) groups is 3. The molecule has 1 amide bonds. The number of aryl methyl sites for hydroxylation is 2. The van der Waals surface area contributed by atoms with Gasteiger partial charge >= 0.3 is 18.0 Å². The Hall–Kier alpha value is -3.87. The number of benzene rings is 2. The lowest BCUT2D eigenvalue weighted by Crippen LogP contribution is -2.56. The summed E-state index contributed by atoms with van der Waals surface area (Å²) < 4.78 is 11.3. The van der Waals surface area contributed by atoms with Gasteiger partial charge in [-0.15, -0.1) is 0 Å². The Kier molecular flexibility index (Phi) is 16.2. The number of carboxylic acids is 1. The predicted octanol–water partition coefficient (Wildman–Crippen LogP) is 8.15. The highest BCUT2D eigenvalue weighted by Crippen LogP contribution is 2.35. The van der Waals surface area contributed by atoms with E-state index in [4.69, 9.17) is 9.47 Å². The standard InChI is InChI=1S/C29H47N3O4.C20H31N3O2/c1-22-11-12-23(24(19-22)30-15-9-10-16-30)20-32(21-25(33)35-27(2,3)4)29(8)13-17-31(18-14-29)26(34)36-28(5,6)7;1-16-5-6-17(18(13-16)22-11-3-4-12-22)14-23(15-19(24)25)20(2)7-9-21-10-8-20/h11-12,19H,9-10,13-18,20-21H2,1-8H3;5-6,13,21H,3-4,7-12,14-15H2,1-2H3,(H,24,25). The van der Waals surface area contributed by atoms with Gasteiger partial charge in [0.25, 0.3) is 0 Å². The Morgan fingerprint density at radius 1 is 0.656 bits per heavy atom. The van der Waals surface area contributed by atoms with E-state index in [0.717, 1.165) is 65.0 Å². The van der Waals surface area contributed by atoms with Crippen molar-refractivity contribution in [1.29, 1.82) is 0 Å². The molecule has 2 N–H and O–H groups in total. The number of nitrogens with one attached hydrogen (secondary N) is 1. The first-order valence-corrected chi connectivity index (χ1v) is 22.9. The molecule has 4 saturated heterocycles. The van der Waals surface area contributed by atoms with E-state index < -0.39 is 17.2 Å². The topological polar surface area (TPSA) is 118 Å². The highest BCUT2D eigenvalue weighted by molar-refractivity contribution is 5.72. The number of amides is 1. The number of carbonyl (C=O) groups excluding carboxylic acids is 2. The first-order valence-electron chi connectivity index (χ1n) is 22.9. The van der Waals surface area contributed by atoms with Gasteiger partial charge < -0.3 is 34.6 Å². The molecule has 340 valence electrons. The van der Waals surface area contributed by atoms with Crippen LogP contribution in [0.2, 0.25) is 0 Å². The van der Waals surface area contributed by atoms with E-state index in [1.807, 2.05) is 41.5 Å². The molecule has 12 nitrogen and oxygen atoms in total. The van der Waals surface area contributed by atoms with Gasteiger partial charge in [0.15, 0.2) is 0 Å². The zero-order valence-corrected chi connectivity index (χ0v) is 39.3. The van der Waals surface area contributed by atoms with Crippen molar-refractivity contribution in [3.8, 4) is 0 Å². The molecule has 4 aliphatic rings. The monoisotopic (exact) mass is 847 g/mol. The molecule has 0 atom stereocenters. The number of ether oxygens (including phenoxy) is 2. The molecule has 2 aromatic rings. The van der Waals surface area contributed by atoms with Crippen molar-refractivity contribution in [3.05, 3.63) is 58.7 Å². The number of nitrogens with zero attached hydrogens (tertiary/aromatic N) is 5. The fraction of sp³-hybridized carbons (Fsp3) is 0.694. The molecule has 0 bridgehead atoms. The fourth-order valence-electron chi connectivity index (χ4n) is 9.19. The average molecular weight is 847 g/mol. The summed E-state index contributed by atoms with van der Waals surface area (Å²) >= 11 is 0. The number of carboxylic acid groups (broad SMARTS) is 1. The Bertz CT molecular complexity index is 1780. The maximum Gasteiger partial charge on any atom is 0.410 e. The second-order valence-electron chi connectivity index (χ2n) is 20.6. The molecule has 2 aromatic carbocycles. The first kappa shape index (κ1) is 48.2. The van der Waals surface area contributed by atoms with Crippen molar-refractivity contribution in [1.82, 2.24) is 20.0 Å². The number of aliphatic carboxylic acids is 1. The van der Waals surface area contributed by atoms with Crippen LogP contribution in [0.15, 0.2) is 36.4 Å². The van der Waals surface area contributed by atoms with Gasteiger partial charge in [-0.25, -0.2) is 4.79 Å². The van der Waals surface area contributed by atoms with Gasteiger partial charge in [-0.3, -0.25) is 19.4 Å². The number of hydrogen-bond donors (Lipinski definition) is 2. The van der Waals surface area contributed by atoms with E-state index >= 15 is 0 Å². The Morgan fingerprint density at radius 2 is 1.08 bits per heavy atom. The van der Waals surface area contributed by atoms with Crippen molar-refractivity contribution < 1.29 is 29.0 Å². The van der Waals surface area contributed by atoms with E-state index in [1.54, 1.807) is 4.90 Å². The Balaban J connectivity index is 0.000000246. The molecular formula is C49H78N6O6. The third kappa shape index (κ3) is 14.1. The van der Waals surface area contributed by atoms with Gasteiger partial charge in [0, 0.05) is 74.8 Å². The van der Waals surface area contributed by atoms with Crippen LogP contribution in [0, 0.1) is 13.8 Å². The van der Waals surface area contributed by atoms with Gasteiger partial charge in [-0.2, -0.15) is 0 Å². The van der Waals surface area contributed by atoms with Gasteiger partial charge in [-0.1, -0.05) is 24.3 Å². The lowest BCUT2D eigenvalue weighted by molar-refractivity contribution is -0.158. The molecule has 4 heterocycles. The minimum atomic E-state index is -0.741. The number of likely N-dealkylation sites (tertiary alicyclic amines) is 1. The summed E-state index contributed by atoms with van der Waals surface area (Å²) in [7, 11) is 0. The smallest absolute Gasteiger partial charge is 0.410 e. The van der Waals surface area contributed by atoms with Crippen LogP contribution in [-0.2, 0) is 32.2 Å². The SMILES string of the molecule is Cc1ccc(CN(CC(=O)O)C2(C)CCNCC2)c(N2CCCC2)c1.Cc1ccc(CN(CC(=O)OC(C)(C)C)C2(C)CCN(C(=O)OC(C)(C)C)CC2)c(N2CCCC2)c1. The van der Waals surface area contributed by atoms with E-state index in [-0.39, 0.29) is 36.2 Å². The normalized spacial score (nSPS) is 19.2. The van der Waals surface area contributed by atoms with Crippen LogP contribution >= 0.6 is 0 Å². The maximum absolute atomic E-state index is 13.0. The molecule has 0 radical (unpaired) electrons. The zero-order valence-electron chi connectivity index (χ0n) is 39.3. The van der Waals surface area contributed by atoms with Crippen molar-refractivity contribution in [2.75, 3.05) is 75.2 Å².